The van der Waals surface area contributed by atoms with E-state index in [1.807, 2.05) is 48.5 Å². The van der Waals surface area contributed by atoms with Crippen LogP contribution in [0.2, 0.25) is 0 Å². The monoisotopic (exact) mass is 470 g/mol. The number of hydrogen-bond acceptors (Lipinski definition) is 2. The van der Waals surface area contributed by atoms with E-state index in [9.17, 15) is 4.79 Å². The van der Waals surface area contributed by atoms with E-state index in [0.717, 1.165) is 35.0 Å². The molecule has 2 unspecified atom stereocenters. The van der Waals surface area contributed by atoms with Gasteiger partial charge in [0.1, 0.15) is 0 Å². The third-order valence-electron chi connectivity index (χ3n) is 6.08. The summed E-state index contributed by atoms with van der Waals surface area (Å²) in [6, 6.07) is 28.1. The number of carbonyl (C=O) groups excluding carboxylic acids is 1. The second-order valence-corrected chi connectivity index (χ2v) is 8.99. The minimum absolute atomic E-state index is 0.0534. The van der Waals surface area contributed by atoms with Gasteiger partial charge in [0.2, 0.25) is 0 Å². The minimum atomic E-state index is -0.0770. The number of benzene rings is 3. The lowest BCUT2D eigenvalue weighted by Gasteiger charge is -2.29. The van der Waals surface area contributed by atoms with Gasteiger partial charge in [-0.2, -0.15) is 5.10 Å². The Hall–Kier alpha value is -2.98. The van der Waals surface area contributed by atoms with Crippen LogP contribution in [0.15, 0.2) is 100 Å². The Morgan fingerprint density at radius 2 is 1.61 bits per heavy atom. The van der Waals surface area contributed by atoms with Crippen molar-refractivity contribution in [3.8, 4) is 0 Å². The summed E-state index contributed by atoms with van der Waals surface area (Å²) >= 11 is 3.46. The van der Waals surface area contributed by atoms with Gasteiger partial charge in [0.15, 0.2) is 0 Å². The summed E-state index contributed by atoms with van der Waals surface area (Å²) in [6.45, 7) is 0. The number of rotatable bonds is 3. The van der Waals surface area contributed by atoms with Crippen molar-refractivity contribution >= 4 is 33.6 Å². The summed E-state index contributed by atoms with van der Waals surface area (Å²) in [5, 5.41) is 6.69. The normalized spacial score (nSPS) is 21.6. The SMILES string of the molecule is O=C(c1ccc(Br)cc1)N1N=C2C(=Cc3ccccc3)CCCC2C1c1ccccc1. The standard InChI is InChI=1S/C27H23BrN2O/c28-23-16-14-21(15-17-23)27(31)30-26(20-10-5-2-6-11-20)24-13-7-12-22(25(24)29-30)18-19-8-3-1-4-9-19/h1-6,8-11,14-18,24,26H,7,12-13H2. The molecule has 1 saturated carbocycles. The van der Waals surface area contributed by atoms with Gasteiger partial charge >= 0.3 is 0 Å². The number of hydrogen-bond donors (Lipinski definition) is 0. The molecular formula is C27H23BrN2O. The Morgan fingerprint density at radius 3 is 2.32 bits per heavy atom. The van der Waals surface area contributed by atoms with Crippen molar-refractivity contribution in [1.82, 2.24) is 5.01 Å². The Bertz CT molecular complexity index is 1140. The second-order valence-electron chi connectivity index (χ2n) is 8.08. The van der Waals surface area contributed by atoms with Crippen LogP contribution >= 0.6 is 15.9 Å². The zero-order chi connectivity index (χ0) is 21.2. The van der Waals surface area contributed by atoms with Gasteiger partial charge < -0.3 is 0 Å². The largest absolute Gasteiger partial charge is 0.274 e. The molecule has 0 bridgehead atoms. The molecule has 1 aliphatic heterocycles. The summed E-state index contributed by atoms with van der Waals surface area (Å²) in [5.74, 6) is 0.160. The van der Waals surface area contributed by atoms with Gasteiger partial charge in [0.05, 0.1) is 11.8 Å². The molecule has 3 aromatic rings. The van der Waals surface area contributed by atoms with Gasteiger partial charge in [0, 0.05) is 16.0 Å². The number of nitrogens with zero attached hydrogens (tertiary/aromatic N) is 2. The fourth-order valence-corrected chi connectivity index (χ4v) is 4.89. The first-order chi connectivity index (χ1) is 15.2. The first kappa shape index (κ1) is 20.0. The average Bonchev–Trinajstić information content (AvgIpc) is 3.21. The van der Waals surface area contributed by atoms with E-state index < -0.39 is 0 Å². The van der Waals surface area contributed by atoms with E-state index in [0.29, 0.717) is 5.56 Å². The van der Waals surface area contributed by atoms with E-state index in [2.05, 4.69) is 58.4 Å². The highest BCUT2D eigenvalue weighted by Gasteiger charge is 2.43. The summed E-state index contributed by atoms with van der Waals surface area (Å²) in [4.78, 5) is 13.5. The van der Waals surface area contributed by atoms with Crippen LogP contribution in [0.3, 0.4) is 0 Å². The Balaban J connectivity index is 1.57. The van der Waals surface area contributed by atoms with E-state index in [-0.39, 0.29) is 17.9 Å². The summed E-state index contributed by atoms with van der Waals surface area (Å²) in [7, 11) is 0. The fourth-order valence-electron chi connectivity index (χ4n) is 4.63. The molecule has 3 aromatic carbocycles. The molecule has 2 aliphatic rings. The number of fused-ring (bicyclic) bond motifs is 1. The van der Waals surface area contributed by atoms with E-state index in [1.165, 1.54) is 11.1 Å². The molecule has 0 spiro atoms. The van der Waals surface area contributed by atoms with Crippen molar-refractivity contribution in [2.24, 2.45) is 11.0 Å². The lowest BCUT2D eigenvalue weighted by molar-refractivity contribution is 0.0681. The smallest absolute Gasteiger partial charge is 0.267 e. The molecule has 0 N–H and O–H groups in total. The molecule has 5 rings (SSSR count). The molecular weight excluding hydrogens is 448 g/mol. The van der Waals surface area contributed by atoms with Gasteiger partial charge in [-0.25, -0.2) is 5.01 Å². The summed E-state index contributed by atoms with van der Waals surface area (Å²) < 4.78 is 0.957. The second kappa shape index (κ2) is 8.64. The van der Waals surface area contributed by atoms with Crippen molar-refractivity contribution in [3.05, 3.63) is 112 Å². The highest BCUT2D eigenvalue weighted by atomic mass is 79.9. The maximum Gasteiger partial charge on any atom is 0.274 e. The Kier molecular flexibility index (Phi) is 5.56. The number of carbonyl (C=O) groups is 1. The Labute approximate surface area is 191 Å². The average molecular weight is 471 g/mol. The number of halogens is 1. The van der Waals surface area contributed by atoms with Crippen molar-refractivity contribution < 1.29 is 4.79 Å². The topological polar surface area (TPSA) is 32.7 Å². The van der Waals surface area contributed by atoms with Gasteiger partial charge in [-0.15, -0.1) is 0 Å². The third-order valence-corrected chi connectivity index (χ3v) is 6.61. The summed E-state index contributed by atoms with van der Waals surface area (Å²) in [6.07, 6.45) is 5.37. The zero-order valence-corrected chi connectivity index (χ0v) is 18.7. The molecule has 154 valence electrons. The fraction of sp³-hybridized carbons (Fsp3) is 0.185. The maximum atomic E-state index is 13.5. The number of allylic oxidation sites excluding steroid dienone is 1. The van der Waals surface area contributed by atoms with Crippen LogP contribution in [-0.2, 0) is 0 Å². The van der Waals surface area contributed by atoms with Crippen molar-refractivity contribution in [1.29, 1.82) is 0 Å². The van der Waals surface area contributed by atoms with Gasteiger partial charge in [0.25, 0.3) is 5.91 Å². The van der Waals surface area contributed by atoms with Crippen LogP contribution in [0.25, 0.3) is 6.08 Å². The first-order valence-corrected chi connectivity index (χ1v) is 11.5. The molecule has 1 amide bonds. The zero-order valence-electron chi connectivity index (χ0n) is 17.1. The predicted octanol–water partition coefficient (Wildman–Crippen LogP) is 6.89. The molecule has 2 atom stereocenters. The number of hydrazone groups is 1. The molecule has 1 heterocycles. The molecule has 4 heteroatoms. The van der Waals surface area contributed by atoms with Crippen LogP contribution in [0.4, 0.5) is 0 Å². The molecule has 1 aliphatic carbocycles. The lowest BCUT2D eigenvalue weighted by atomic mass is 9.77. The van der Waals surface area contributed by atoms with Gasteiger partial charge in [-0.1, -0.05) is 76.6 Å². The van der Waals surface area contributed by atoms with Crippen molar-refractivity contribution in [2.75, 3.05) is 0 Å². The number of amides is 1. The molecule has 0 aromatic heterocycles. The third kappa shape index (κ3) is 4.00. The molecule has 0 radical (unpaired) electrons. The van der Waals surface area contributed by atoms with Crippen molar-refractivity contribution in [3.63, 3.8) is 0 Å². The highest BCUT2D eigenvalue weighted by Crippen LogP contribution is 2.44. The molecule has 31 heavy (non-hydrogen) atoms. The highest BCUT2D eigenvalue weighted by molar-refractivity contribution is 9.10. The van der Waals surface area contributed by atoms with Gasteiger partial charge in [-0.3, -0.25) is 4.79 Å². The molecule has 3 nitrogen and oxygen atoms in total. The molecule has 1 fully saturated rings. The van der Waals surface area contributed by atoms with Crippen LogP contribution < -0.4 is 0 Å². The van der Waals surface area contributed by atoms with Gasteiger partial charge in [-0.05, 0) is 66.3 Å². The predicted molar refractivity (Wildman–Crippen MR) is 129 cm³/mol. The van der Waals surface area contributed by atoms with Crippen LogP contribution in [0.5, 0.6) is 0 Å². The quantitative estimate of drug-likeness (QED) is 0.410. The van der Waals surface area contributed by atoms with Crippen molar-refractivity contribution in [2.45, 2.75) is 25.3 Å². The van der Waals surface area contributed by atoms with E-state index in [1.54, 1.807) is 5.01 Å². The van der Waals surface area contributed by atoms with E-state index >= 15 is 0 Å². The summed E-state index contributed by atoms with van der Waals surface area (Å²) in [5.41, 5.74) is 5.28. The van der Waals surface area contributed by atoms with Crippen LogP contribution in [0, 0.1) is 5.92 Å². The lowest BCUT2D eigenvalue weighted by Crippen LogP contribution is -2.31. The Morgan fingerprint density at radius 1 is 0.935 bits per heavy atom. The molecule has 0 saturated heterocycles. The first-order valence-electron chi connectivity index (χ1n) is 10.7. The van der Waals surface area contributed by atoms with E-state index in [4.69, 9.17) is 5.10 Å². The maximum absolute atomic E-state index is 13.5. The van der Waals surface area contributed by atoms with Crippen LogP contribution in [0.1, 0.15) is 46.8 Å². The van der Waals surface area contributed by atoms with Crippen LogP contribution in [-0.4, -0.2) is 16.6 Å². The minimum Gasteiger partial charge on any atom is -0.267 e.